The van der Waals surface area contributed by atoms with Gasteiger partial charge in [-0.25, -0.2) is 4.85 Å². The summed E-state index contributed by atoms with van der Waals surface area (Å²) in [7, 11) is 0. The SMILES string of the molecule is [2H]c1c([2H])c([2H])c(-c2ccc3c(c2)c2c4oc5ccccc5c4ccc2n3-c2c(-c3c([2H])c([2H])c([2H])c([2H])c3[2H])c(-n3c4ccccc4c4ccccc43)c(-n3c4ccccc4c4ccccc43)c([N+]#[C-])c2-n2c3ccccc3c3ccccc32)c([2H])c1[2H]. The van der Waals surface area contributed by atoms with Crippen molar-refractivity contribution >= 4 is 115 Å². The van der Waals surface area contributed by atoms with Crippen LogP contribution in [0.15, 0.2) is 265 Å². The van der Waals surface area contributed by atoms with Gasteiger partial charge in [-0.2, -0.15) is 0 Å². The average Bonchev–Trinajstić information content (AvgIpc) is 1.68. The topological polar surface area (TPSA) is 37.2 Å². The lowest BCUT2D eigenvalue weighted by Gasteiger charge is -2.29. The molecule has 6 heteroatoms. The minimum absolute atomic E-state index is 0.0131. The highest BCUT2D eigenvalue weighted by atomic mass is 16.3. The van der Waals surface area contributed by atoms with E-state index in [0.29, 0.717) is 77.7 Å². The Morgan fingerprint density at radius 3 is 1.18 bits per heavy atom. The van der Waals surface area contributed by atoms with Gasteiger partial charge in [0.2, 0.25) is 5.69 Å². The van der Waals surface area contributed by atoms with Crippen LogP contribution in [0.4, 0.5) is 5.69 Å². The second kappa shape index (κ2) is 16.6. The summed E-state index contributed by atoms with van der Waals surface area (Å²) in [6.45, 7) is 10.1. The molecule has 0 saturated heterocycles. The number of furan rings is 1. The molecule has 0 aliphatic carbocycles. The molecule has 0 aliphatic heterocycles. The summed E-state index contributed by atoms with van der Waals surface area (Å²) in [5, 5.41) is 7.95. The number of benzene rings is 12. The molecule has 0 radical (unpaired) electrons. The van der Waals surface area contributed by atoms with Crippen molar-refractivity contribution in [1.82, 2.24) is 18.3 Å². The third kappa shape index (κ3) is 5.98. The minimum atomic E-state index is -0.587. The Labute approximate surface area is 466 Å². The first-order valence-electron chi connectivity index (χ1n) is 31.0. The molecule has 12 aromatic carbocycles. The van der Waals surface area contributed by atoms with Crippen LogP contribution in [0.25, 0.3) is 159 Å². The summed E-state index contributed by atoms with van der Waals surface area (Å²) in [4.78, 5) is 4.85. The molecule has 5 heterocycles. The van der Waals surface area contributed by atoms with E-state index in [-0.39, 0.29) is 40.1 Å². The normalized spacial score (nSPS) is 13.8. The van der Waals surface area contributed by atoms with Crippen LogP contribution in [0.1, 0.15) is 13.7 Å². The van der Waals surface area contributed by atoms with Crippen LogP contribution >= 0.6 is 0 Å². The zero-order valence-electron chi connectivity index (χ0n) is 51.7. The number of fused-ring (bicyclic) bond motifs is 16. The summed E-state index contributed by atoms with van der Waals surface area (Å²) < 4.78 is 109. The molecule has 0 spiro atoms. The largest absolute Gasteiger partial charge is 0.455 e. The van der Waals surface area contributed by atoms with Gasteiger partial charge < -0.3 is 22.7 Å². The Morgan fingerprint density at radius 2 is 0.709 bits per heavy atom. The van der Waals surface area contributed by atoms with Gasteiger partial charge in [0.25, 0.3) is 0 Å². The Hall–Kier alpha value is -10.9. The molecule has 0 bridgehead atoms. The van der Waals surface area contributed by atoms with Crippen molar-refractivity contribution in [3.05, 3.63) is 272 Å². The second-order valence-electron chi connectivity index (χ2n) is 19.8. The van der Waals surface area contributed by atoms with Crippen LogP contribution in [-0.2, 0) is 0 Å². The highest BCUT2D eigenvalue weighted by molar-refractivity contribution is 6.26. The molecule has 17 rings (SSSR count). The fourth-order valence-corrected chi connectivity index (χ4v) is 12.8. The molecule has 79 heavy (non-hydrogen) atoms. The Kier molecular flexibility index (Phi) is 7.27. The molecule has 0 N–H and O–H groups in total. The van der Waals surface area contributed by atoms with Crippen molar-refractivity contribution in [2.24, 2.45) is 0 Å². The first kappa shape index (κ1) is 34.7. The van der Waals surface area contributed by atoms with Gasteiger partial charge in [0, 0.05) is 54.0 Å². The third-order valence-electron chi connectivity index (χ3n) is 15.9. The van der Waals surface area contributed by atoms with Gasteiger partial charge in [-0.15, -0.1) is 0 Å². The number of para-hydroxylation sites is 7. The van der Waals surface area contributed by atoms with Crippen molar-refractivity contribution < 1.29 is 18.1 Å². The van der Waals surface area contributed by atoms with Crippen molar-refractivity contribution in [2.45, 2.75) is 0 Å². The second-order valence-corrected chi connectivity index (χ2v) is 19.8. The molecule has 0 fully saturated rings. The highest BCUT2D eigenvalue weighted by Gasteiger charge is 2.35. The predicted molar refractivity (Wildman–Crippen MR) is 328 cm³/mol. The van der Waals surface area contributed by atoms with Crippen LogP contribution in [0.3, 0.4) is 0 Å². The van der Waals surface area contributed by atoms with Gasteiger partial charge in [0.05, 0.1) is 92.5 Å². The predicted octanol–water partition coefficient (Wildman–Crippen LogP) is 19.9. The Morgan fingerprint density at radius 1 is 0.329 bits per heavy atom. The maximum absolute atomic E-state index is 10.4. The van der Waals surface area contributed by atoms with Gasteiger partial charge in [0.1, 0.15) is 11.2 Å². The Balaban J connectivity index is 1.23. The lowest BCUT2D eigenvalue weighted by atomic mass is 9.95. The van der Waals surface area contributed by atoms with Crippen molar-refractivity contribution in [3.8, 4) is 45.0 Å². The average molecular weight is 1020 g/mol. The van der Waals surface area contributed by atoms with Crippen LogP contribution in [0.5, 0.6) is 0 Å². The molecule has 0 amide bonds. The van der Waals surface area contributed by atoms with E-state index in [1.807, 2.05) is 187 Å². The zero-order chi connectivity index (χ0) is 60.6. The van der Waals surface area contributed by atoms with E-state index in [0.717, 1.165) is 54.1 Å². The number of rotatable bonds is 6. The van der Waals surface area contributed by atoms with Gasteiger partial charge >= 0.3 is 0 Å². The smallest absolute Gasteiger partial charge is 0.238 e. The maximum Gasteiger partial charge on any atom is 0.238 e. The lowest BCUT2D eigenvalue weighted by Crippen LogP contribution is -2.14. The molecule has 0 saturated carbocycles. The summed E-state index contributed by atoms with van der Waals surface area (Å²) in [5.74, 6) is 0. The lowest BCUT2D eigenvalue weighted by molar-refractivity contribution is 0.673. The zero-order valence-corrected chi connectivity index (χ0v) is 41.7. The number of hydrogen-bond donors (Lipinski definition) is 0. The summed E-state index contributed by atoms with van der Waals surface area (Å²) >= 11 is 0. The monoisotopic (exact) mass is 1020 g/mol. The fraction of sp³-hybridized carbons (Fsp3) is 0. The van der Waals surface area contributed by atoms with Crippen molar-refractivity contribution in [1.29, 1.82) is 0 Å². The molecule has 0 atom stereocenters. The molecular weight excluding hydrogens is 963 g/mol. The van der Waals surface area contributed by atoms with E-state index >= 15 is 0 Å². The molecule has 0 unspecified atom stereocenters. The third-order valence-corrected chi connectivity index (χ3v) is 15.9. The first-order chi connectivity index (χ1) is 43.4. The summed E-state index contributed by atoms with van der Waals surface area (Å²) in [6.07, 6.45) is 0. The van der Waals surface area contributed by atoms with Crippen LogP contribution < -0.4 is 0 Å². The van der Waals surface area contributed by atoms with Gasteiger partial charge in [-0.05, 0) is 83.4 Å². The quantitative estimate of drug-likeness (QED) is 0.153. The van der Waals surface area contributed by atoms with E-state index in [9.17, 15) is 16.2 Å². The maximum atomic E-state index is 10.4. The molecular formula is C73H43N5O. The number of aromatic nitrogens is 4. The minimum Gasteiger partial charge on any atom is -0.455 e. The summed E-state index contributed by atoms with van der Waals surface area (Å²) in [5.41, 5.74) is 8.26. The van der Waals surface area contributed by atoms with Crippen LogP contribution in [0.2, 0.25) is 0 Å². The molecule has 366 valence electrons. The van der Waals surface area contributed by atoms with E-state index in [2.05, 4.69) is 25.8 Å². The van der Waals surface area contributed by atoms with Crippen molar-refractivity contribution in [2.75, 3.05) is 0 Å². The highest BCUT2D eigenvalue weighted by Crippen LogP contribution is 2.55. The number of nitrogens with zero attached hydrogens (tertiary/aromatic N) is 5. The molecule has 17 aromatic rings. The van der Waals surface area contributed by atoms with Gasteiger partial charge in [-0.3, -0.25) is 0 Å². The molecule has 5 aromatic heterocycles. The molecule has 0 aliphatic rings. The first-order valence-corrected chi connectivity index (χ1v) is 26.0. The van der Waals surface area contributed by atoms with Crippen LogP contribution in [0, 0.1) is 6.57 Å². The van der Waals surface area contributed by atoms with E-state index in [1.54, 1.807) is 6.07 Å². The van der Waals surface area contributed by atoms with E-state index < -0.39 is 48.3 Å². The fourth-order valence-electron chi connectivity index (χ4n) is 12.8. The van der Waals surface area contributed by atoms with Crippen molar-refractivity contribution in [3.63, 3.8) is 0 Å². The standard InChI is InChI=1S/C73H43N5O/c1-74-68-71(76-59-35-17-10-28-50(59)51-29-11-18-36-60(51)76)69(75-57-33-15-8-26-48(57)49-27-9-16-34-58(49)75)66(46-24-6-3-7-25-46)70(72(68)77-61-37-19-12-30-52(61)53-31-13-20-38-62(53)77)78-63-42-40-47(45-22-4-2-5-23-45)44-56(63)67-64(78)43-41-55-54-32-14-21-39-65(54)79-73(55)67/h2-44H/i2D,3D,4D,5D,6D,7D,22D,23D,24D,25D. The van der Waals surface area contributed by atoms with Gasteiger partial charge in [-0.1, -0.05) is 194 Å². The van der Waals surface area contributed by atoms with E-state index in [4.69, 9.17) is 13.4 Å². The van der Waals surface area contributed by atoms with Gasteiger partial charge in [0.15, 0.2) is 0 Å². The Bertz CT molecular complexity index is 5880. The molecule has 6 nitrogen and oxygen atoms in total. The van der Waals surface area contributed by atoms with E-state index in [1.165, 1.54) is 0 Å². The summed E-state index contributed by atoms with van der Waals surface area (Å²) in [6, 6.07) is 60.0. The number of hydrogen-bond acceptors (Lipinski definition) is 1. The van der Waals surface area contributed by atoms with Crippen LogP contribution in [-0.4, -0.2) is 18.3 Å².